The van der Waals surface area contributed by atoms with Crippen molar-refractivity contribution in [2.75, 3.05) is 12.4 Å². The number of hydrogen-bond acceptors (Lipinski definition) is 4. The number of fused-ring (bicyclic) bond motifs is 1. The van der Waals surface area contributed by atoms with Crippen molar-refractivity contribution in [1.29, 1.82) is 0 Å². The Morgan fingerprint density at radius 2 is 1.92 bits per heavy atom. The summed E-state index contributed by atoms with van der Waals surface area (Å²) in [5.41, 5.74) is 4.27. The molecule has 1 aliphatic heterocycles. The van der Waals surface area contributed by atoms with E-state index in [1.54, 1.807) is 6.07 Å². The number of carbonyl (C=O) groups is 1. The maximum atomic E-state index is 11.9. The molecule has 0 saturated carbocycles. The van der Waals surface area contributed by atoms with Crippen LogP contribution in [-0.2, 0) is 17.7 Å². The Labute approximate surface area is 152 Å². The van der Waals surface area contributed by atoms with Gasteiger partial charge in [0.1, 0.15) is 5.82 Å². The number of carbonyl (C=O) groups excluding carboxylic acids is 1. The van der Waals surface area contributed by atoms with Crippen molar-refractivity contribution in [2.24, 2.45) is 0 Å². The number of imidazole rings is 1. The number of rotatable bonds is 4. The highest BCUT2D eigenvalue weighted by Crippen LogP contribution is 2.26. The van der Waals surface area contributed by atoms with Gasteiger partial charge in [-0.05, 0) is 37.1 Å². The second kappa shape index (κ2) is 7.04. The molecule has 1 aliphatic rings. The zero-order valence-electron chi connectivity index (χ0n) is 14.7. The molecule has 4 rings (SSSR count). The topological polar surface area (TPSA) is 56.1 Å². The number of benzene rings is 2. The molecule has 2 aromatic carbocycles. The van der Waals surface area contributed by atoms with Crippen LogP contribution in [0.3, 0.4) is 0 Å². The van der Waals surface area contributed by atoms with E-state index in [4.69, 9.17) is 9.72 Å². The first-order valence-corrected chi connectivity index (χ1v) is 8.85. The number of methoxy groups -OCH3 is 1. The van der Waals surface area contributed by atoms with Gasteiger partial charge in [0.25, 0.3) is 0 Å². The van der Waals surface area contributed by atoms with Gasteiger partial charge in [-0.3, -0.25) is 0 Å². The smallest absolute Gasteiger partial charge is 0.339 e. The average Bonchev–Trinajstić information content (AvgIpc) is 3.12. The molecule has 0 amide bonds. The Hall–Kier alpha value is -3.08. The molecule has 5 heteroatoms. The molecule has 3 aromatic rings. The van der Waals surface area contributed by atoms with Crippen molar-refractivity contribution in [3.05, 3.63) is 66.1 Å². The molecule has 26 heavy (non-hydrogen) atoms. The Kier molecular flexibility index (Phi) is 4.44. The van der Waals surface area contributed by atoms with Gasteiger partial charge < -0.3 is 14.6 Å². The summed E-state index contributed by atoms with van der Waals surface area (Å²) in [7, 11) is 1.39. The molecule has 0 radical (unpaired) electrons. The third-order valence-electron chi connectivity index (χ3n) is 4.70. The van der Waals surface area contributed by atoms with Crippen LogP contribution in [0, 0.1) is 0 Å². The third kappa shape index (κ3) is 3.20. The molecule has 1 N–H and O–H groups in total. The third-order valence-corrected chi connectivity index (χ3v) is 4.70. The van der Waals surface area contributed by atoms with E-state index in [2.05, 4.69) is 28.2 Å². The van der Waals surface area contributed by atoms with Crippen LogP contribution in [-0.4, -0.2) is 22.6 Å². The van der Waals surface area contributed by atoms with Crippen LogP contribution in [0.25, 0.3) is 11.3 Å². The summed E-state index contributed by atoms with van der Waals surface area (Å²) in [5.74, 6) is 0.828. The molecule has 1 aromatic heterocycles. The SMILES string of the molecule is COC(=O)c1ccccc1Nc1ccc(-c2cn3c(n2)CCCC3)cc1. The van der Waals surface area contributed by atoms with Gasteiger partial charge in [0.15, 0.2) is 0 Å². The van der Waals surface area contributed by atoms with E-state index in [0.717, 1.165) is 35.6 Å². The molecular formula is C21H21N3O2. The summed E-state index contributed by atoms with van der Waals surface area (Å²) >= 11 is 0. The largest absolute Gasteiger partial charge is 0.465 e. The van der Waals surface area contributed by atoms with Crippen molar-refractivity contribution < 1.29 is 9.53 Å². The molecule has 0 fully saturated rings. The maximum absolute atomic E-state index is 11.9. The normalized spacial score (nSPS) is 13.1. The standard InChI is InChI=1S/C21H21N3O2/c1-26-21(25)17-6-2-3-7-18(17)22-16-11-9-15(10-12-16)19-14-24-13-5-4-8-20(24)23-19/h2-3,6-7,9-12,14,22H,4-5,8,13H2,1H3. The summed E-state index contributed by atoms with van der Waals surface area (Å²) < 4.78 is 7.10. The van der Waals surface area contributed by atoms with E-state index in [9.17, 15) is 4.79 Å². The van der Waals surface area contributed by atoms with Crippen molar-refractivity contribution >= 4 is 17.3 Å². The summed E-state index contributed by atoms with van der Waals surface area (Å²) in [5, 5.41) is 3.29. The minimum absolute atomic E-state index is 0.353. The number of anilines is 2. The number of ether oxygens (including phenoxy) is 1. The van der Waals surface area contributed by atoms with Gasteiger partial charge in [0.05, 0.1) is 24.1 Å². The van der Waals surface area contributed by atoms with Crippen molar-refractivity contribution in [3.8, 4) is 11.3 Å². The fourth-order valence-electron chi connectivity index (χ4n) is 3.31. The van der Waals surface area contributed by atoms with Gasteiger partial charge in [-0.25, -0.2) is 9.78 Å². The number of para-hydroxylation sites is 1. The molecule has 2 heterocycles. The molecule has 132 valence electrons. The number of hydrogen-bond donors (Lipinski definition) is 1. The second-order valence-electron chi connectivity index (χ2n) is 6.43. The van der Waals surface area contributed by atoms with Crippen LogP contribution < -0.4 is 5.32 Å². The maximum Gasteiger partial charge on any atom is 0.339 e. The second-order valence-corrected chi connectivity index (χ2v) is 6.43. The van der Waals surface area contributed by atoms with Gasteiger partial charge in [-0.15, -0.1) is 0 Å². The van der Waals surface area contributed by atoms with E-state index >= 15 is 0 Å². The molecule has 0 aliphatic carbocycles. The first-order valence-electron chi connectivity index (χ1n) is 8.85. The minimum atomic E-state index is -0.353. The minimum Gasteiger partial charge on any atom is -0.465 e. The molecule has 5 nitrogen and oxygen atoms in total. The Bertz CT molecular complexity index is 905. The first kappa shape index (κ1) is 16.4. The predicted octanol–water partition coefficient (Wildman–Crippen LogP) is 4.42. The number of nitrogens with one attached hydrogen (secondary N) is 1. The van der Waals surface area contributed by atoms with Gasteiger partial charge in [0.2, 0.25) is 0 Å². The van der Waals surface area contributed by atoms with Crippen LogP contribution >= 0.6 is 0 Å². The van der Waals surface area contributed by atoms with Crippen molar-refractivity contribution in [1.82, 2.24) is 9.55 Å². The zero-order valence-corrected chi connectivity index (χ0v) is 14.7. The van der Waals surface area contributed by atoms with E-state index in [1.807, 2.05) is 30.3 Å². The van der Waals surface area contributed by atoms with E-state index in [-0.39, 0.29) is 5.97 Å². The van der Waals surface area contributed by atoms with Crippen molar-refractivity contribution in [3.63, 3.8) is 0 Å². The summed E-state index contributed by atoms with van der Waals surface area (Å²) in [6.07, 6.45) is 5.65. The van der Waals surface area contributed by atoms with Crippen LogP contribution in [0.4, 0.5) is 11.4 Å². The fraction of sp³-hybridized carbons (Fsp3) is 0.238. The summed E-state index contributed by atoms with van der Waals surface area (Å²) in [4.78, 5) is 16.7. The number of nitrogens with zero attached hydrogens (tertiary/aromatic N) is 2. The quantitative estimate of drug-likeness (QED) is 0.710. The highest BCUT2D eigenvalue weighted by molar-refractivity contribution is 5.96. The Morgan fingerprint density at radius 3 is 2.69 bits per heavy atom. The monoisotopic (exact) mass is 347 g/mol. The predicted molar refractivity (Wildman–Crippen MR) is 102 cm³/mol. The Balaban J connectivity index is 1.55. The molecule has 0 bridgehead atoms. The summed E-state index contributed by atoms with van der Waals surface area (Å²) in [6, 6.07) is 15.4. The van der Waals surface area contributed by atoms with E-state index in [1.165, 1.54) is 25.8 Å². The Morgan fingerprint density at radius 1 is 1.12 bits per heavy atom. The molecule has 0 saturated heterocycles. The van der Waals surface area contributed by atoms with Gasteiger partial charge in [-0.2, -0.15) is 0 Å². The summed E-state index contributed by atoms with van der Waals surface area (Å²) in [6.45, 7) is 1.06. The van der Waals surface area contributed by atoms with Gasteiger partial charge >= 0.3 is 5.97 Å². The van der Waals surface area contributed by atoms with E-state index in [0.29, 0.717) is 5.56 Å². The first-order chi connectivity index (χ1) is 12.7. The van der Waals surface area contributed by atoms with Gasteiger partial charge in [0, 0.05) is 30.4 Å². The van der Waals surface area contributed by atoms with Crippen molar-refractivity contribution in [2.45, 2.75) is 25.8 Å². The molecule has 0 spiro atoms. The highest BCUT2D eigenvalue weighted by atomic mass is 16.5. The lowest BCUT2D eigenvalue weighted by Gasteiger charge is -2.11. The fourth-order valence-corrected chi connectivity index (χ4v) is 3.31. The number of esters is 1. The molecule has 0 unspecified atom stereocenters. The highest BCUT2D eigenvalue weighted by Gasteiger charge is 2.14. The average molecular weight is 347 g/mol. The van der Waals surface area contributed by atoms with Crippen LogP contribution in [0.5, 0.6) is 0 Å². The lowest BCUT2D eigenvalue weighted by molar-refractivity contribution is 0.0602. The van der Waals surface area contributed by atoms with Crippen LogP contribution in [0.2, 0.25) is 0 Å². The van der Waals surface area contributed by atoms with Gasteiger partial charge in [-0.1, -0.05) is 24.3 Å². The lowest BCUT2D eigenvalue weighted by Crippen LogP contribution is -2.08. The number of aromatic nitrogens is 2. The van der Waals surface area contributed by atoms with Crippen LogP contribution in [0.15, 0.2) is 54.7 Å². The van der Waals surface area contributed by atoms with Crippen LogP contribution in [0.1, 0.15) is 29.0 Å². The number of aryl methyl sites for hydroxylation is 2. The lowest BCUT2D eigenvalue weighted by atomic mass is 10.1. The molecular weight excluding hydrogens is 326 g/mol. The zero-order chi connectivity index (χ0) is 17.9. The van der Waals surface area contributed by atoms with E-state index < -0.39 is 0 Å². The molecule has 0 atom stereocenters.